The Morgan fingerprint density at radius 3 is 2.19 bits per heavy atom. The van der Waals surface area contributed by atoms with Crippen LogP contribution in [0.4, 0.5) is 0 Å². The maximum Gasteiger partial charge on any atom is 0.297 e. The molecule has 5 heteroatoms. The standard InChI is InChI=1S/C22H33NO4/c1-5-8-13-23-19-16-17(26-14-9-6-2)11-12-18(19)20(25-4)21(22(23)24)27-15-10-7-3/h11-12,16H,5-10,13-15H2,1-4H3. The zero-order valence-corrected chi connectivity index (χ0v) is 17.2. The highest BCUT2D eigenvalue weighted by Gasteiger charge is 2.19. The first-order chi connectivity index (χ1) is 13.2. The highest BCUT2D eigenvalue weighted by atomic mass is 16.5. The molecule has 0 saturated heterocycles. The van der Waals surface area contributed by atoms with Crippen LogP contribution in [0.3, 0.4) is 0 Å². The minimum atomic E-state index is -0.130. The van der Waals surface area contributed by atoms with Crippen molar-refractivity contribution in [1.82, 2.24) is 4.57 Å². The van der Waals surface area contributed by atoms with Crippen LogP contribution < -0.4 is 19.8 Å². The smallest absolute Gasteiger partial charge is 0.297 e. The van der Waals surface area contributed by atoms with Crippen LogP contribution in [-0.4, -0.2) is 24.9 Å². The van der Waals surface area contributed by atoms with E-state index < -0.39 is 0 Å². The van der Waals surface area contributed by atoms with Crippen molar-refractivity contribution in [2.75, 3.05) is 20.3 Å². The number of nitrogens with zero attached hydrogens (tertiary/aromatic N) is 1. The van der Waals surface area contributed by atoms with Crippen molar-refractivity contribution in [2.24, 2.45) is 0 Å². The molecule has 0 aliphatic heterocycles. The van der Waals surface area contributed by atoms with Crippen molar-refractivity contribution in [1.29, 1.82) is 0 Å². The first-order valence-corrected chi connectivity index (χ1v) is 10.2. The molecule has 1 aromatic carbocycles. The van der Waals surface area contributed by atoms with Gasteiger partial charge in [0.2, 0.25) is 5.75 Å². The number of hydrogen-bond acceptors (Lipinski definition) is 4. The van der Waals surface area contributed by atoms with E-state index in [0.717, 1.165) is 55.2 Å². The molecule has 0 radical (unpaired) electrons. The number of aromatic nitrogens is 1. The summed E-state index contributed by atoms with van der Waals surface area (Å²) in [6.45, 7) is 8.20. The summed E-state index contributed by atoms with van der Waals surface area (Å²) < 4.78 is 19.1. The summed E-state index contributed by atoms with van der Waals surface area (Å²) >= 11 is 0. The topological polar surface area (TPSA) is 49.7 Å². The van der Waals surface area contributed by atoms with Gasteiger partial charge < -0.3 is 18.8 Å². The van der Waals surface area contributed by atoms with Gasteiger partial charge in [0.1, 0.15) is 5.75 Å². The molecular weight excluding hydrogens is 342 g/mol. The molecule has 5 nitrogen and oxygen atoms in total. The largest absolute Gasteiger partial charge is 0.494 e. The lowest BCUT2D eigenvalue weighted by molar-refractivity contribution is 0.283. The maximum absolute atomic E-state index is 13.2. The van der Waals surface area contributed by atoms with Gasteiger partial charge in [-0.25, -0.2) is 0 Å². The molecule has 0 atom stereocenters. The van der Waals surface area contributed by atoms with Crippen LogP contribution in [0, 0.1) is 0 Å². The molecule has 1 heterocycles. The van der Waals surface area contributed by atoms with E-state index >= 15 is 0 Å². The minimum absolute atomic E-state index is 0.130. The molecule has 1 aromatic heterocycles. The van der Waals surface area contributed by atoms with Crippen LogP contribution in [0.1, 0.15) is 59.3 Å². The Hall–Kier alpha value is -2.17. The number of fused-ring (bicyclic) bond motifs is 1. The molecule has 150 valence electrons. The molecule has 0 amide bonds. The molecule has 2 aromatic rings. The number of pyridine rings is 1. The average Bonchev–Trinajstić information content (AvgIpc) is 2.68. The van der Waals surface area contributed by atoms with Gasteiger partial charge in [-0.15, -0.1) is 0 Å². The second kappa shape index (κ2) is 10.9. The molecule has 2 rings (SSSR count). The molecule has 0 aliphatic carbocycles. The van der Waals surface area contributed by atoms with E-state index in [9.17, 15) is 4.79 Å². The van der Waals surface area contributed by atoms with Crippen LogP contribution in [-0.2, 0) is 6.54 Å². The van der Waals surface area contributed by atoms with Gasteiger partial charge >= 0.3 is 0 Å². The summed E-state index contributed by atoms with van der Waals surface area (Å²) in [5.74, 6) is 1.61. The molecule has 0 bridgehead atoms. The first kappa shape index (κ1) is 21.1. The minimum Gasteiger partial charge on any atom is -0.494 e. The van der Waals surface area contributed by atoms with Crippen molar-refractivity contribution in [3.63, 3.8) is 0 Å². The Morgan fingerprint density at radius 1 is 0.889 bits per heavy atom. The van der Waals surface area contributed by atoms with Crippen molar-refractivity contribution in [3.05, 3.63) is 28.6 Å². The number of aryl methyl sites for hydroxylation is 1. The quantitative estimate of drug-likeness (QED) is 0.480. The van der Waals surface area contributed by atoms with Gasteiger partial charge in [0, 0.05) is 18.0 Å². The molecule has 0 saturated carbocycles. The Labute approximate surface area is 162 Å². The highest BCUT2D eigenvalue weighted by molar-refractivity contribution is 5.89. The van der Waals surface area contributed by atoms with Crippen molar-refractivity contribution in [3.8, 4) is 17.2 Å². The fourth-order valence-electron chi connectivity index (χ4n) is 2.99. The SMILES string of the molecule is CCCCOc1ccc2c(OC)c(OCCCC)c(=O)n(CCCC)c2c1. The molecule has 0 fully saturated rings. The van der Waals surface area contributed by atoms with E-state index in [1.165, 1.54) is 0 Å². The highest BCUT2D eigenvalue weighted by Crippen LogP contribution is 2.34. The number of ether oxygens (including phenoxy) is 3. The predicted octanol–water partition coefficient (Wildman–Crippen LogP) is 5.17. The third-order valence-corrected chi connectivity index (χ3v) is 4.60. The zero-order valence-electron chi connectivity index (χ0n) is 17.2. The summed E-state index contributed by atoms with van der Waals surface area (Å²) in [4.78, 5) is 13.2. The Kier molecular flexibility index (Phi) is 8.49. The fraction of sp³-hybridized carbons (Fsp3) is 0.591. The first-order valence-electron chi connectivity index (χ1n) is 10.2. The number of rotatable bonds is 12. The van der Waals surface area contributed by atoms with E-state index in [4.69, 9.17) is 14.2 Å². The zero-order chi connectivity index (χ0) is 19.6. The van der Waals surface area contributed by atoms with Gasteiger partial charge in [-0.1, -0.05) is 40.0 Å². The summed E-state index contributed by atoms with van der Waals surface area (Å²) in [5.41, 5.74) is 0.705. The van der Waals surface area contributed by atoms with Gasteiger partial charge in [-0.3, -0.25) is 4.79 Å². The Morgan fingerprint density at radius 2 is 1.56 bits per heavy atom. The molecule has 0 unspecified atom stereocenters. The third-order valence-electron chi connectivity index (χ3n) is 4.60. The monoisotopic (exact) mass is 375 g/mol. The van der Waals surface area contributed by atoms with Gasteiger partial charge in [0.05, 0.1) is 25.8 Å². The lowest BCUT2D eigenvalue weighted by Crippen LogP contribution is -2.24. The number of unbranched alkanes of at least 4 members (excludes halogenated alkanes) is 3. The Balaban J connectivity index is 2.55. The van der Waals surface area contributed by atoms with E-state index in [-0.39, 0.29) is 5.56 Å². The van der Waals surface area contributed by atoms with Crippen molar-refractivity contribution < 1.29 is 14.2 Å². The molecular formula is C22H33NO4. The number of benzene rings is 1. The van der Waals surface area contributed by atoms with Crippen LogP contribution in [0.5, 0.6) is 17.2 Å². The molecule has 0 N–H and O–H groups in total. The lowest BCUT2D eigenvalue weighted by atomic mass is 10.1. The normalized spacial score (nSPS) is 11.0. The van der Waals surface area contributed by atoms with Crippen LogP contribution in [0.25, 0.3) is 10.9 Å². The molecule has 0 spiro atoms. The van der Waals surface area contributed by atoms with E-state index in [1.807, 2.05) is 18.2 Å². The molecule has 0 aliphatic rings. The van der Waals surface area contributed by atoms with Crippen LogP contribution in [0.2, 0.25) is 0 Å². The third kappa shape index (κ3) is 5.18. The van der Waals surface area contributed by atoms with Crippen molar-refractivity contribution >= 4 is 10.9 Å². The summed E-state index contributed by atoms with van der Waals surface area (Å²) in [6, 6.07) is 5.84. The van der Waals surface area contributed by atoms with Crippen LogP contribution in [0.15, 0.2) is 23.0 Å². The van der Waals surface area contributed by atoms with Crippen molar-refractivity contribution in [2.45, 2.75) is 65.8 Å². The summed E-state index contributed by atoms with van der Waals surface area (Å²) in [7, 11) is 1.59. The van der Waals surface area contributed by atoms with Crippen LogP contribution >= 0.6 is 0 Å². The summed E-state index contributed by atoms with van der Waals surface area (Å²) in [5, 5.41) is 0.877. The fourth-order valence-corrected chi connectivity index (χ4v) is 2.99. The lowest BCUT2D eigenvalue weighted by Gasteiger charge is -2.18. The Bertz CT molecular complexity index is 782. The molecule has 27 heavy (non-hydrogen) atoms. The van der Waals surface area contributed by atoms with Gasteiger partial charge in [-0.2, -0.15) is 0 Å². The predicted molar refractivity (Wildman–Crippen MR) is 110 cm³/mol. The maximum atomic E-state index is 13.2. The average molecular weight is 376 g/mol. The van der Waals surface area contributed by atoms with Gasteiger partial charge in [0.15, 0.2) is 5.75 Å². The van der Waals surface area contributed by atoms with E-state index in [1.54, 1.807) is 11.7 Å². The summed E-state index contributed by atoms with van der Waals surface area (Å²) in [6.07, 6.45) is 5.95. The second-order valence-electron chi connectivity index (χ2n) is 6.76. The van der Waals surface area contributed by atoms with E-state index in [0.29, 0.717) is 31.3 Å². The van der Waals surface area contributed by atoms with E-state index in [2.05, 4.69) is 20.8 Å². The number of hydrogen-bond donors (Lipinski definition) is 0. The van der Waals surface area contributed by atoms with Gasteiger partial charge in [-0.05, 0) is 31.4 Å². The van der Waals surface area contributed by atoms with Gasteiger partial charge in [0.25, 0.3) is 5.56 Å². The second-order valence-corrected chi connectivity index (χ2v) is 6.76. The number of methoxy groups -OCH3 is 1.